The molecule has 0 spiro atoms. The minimum absolute atomic E-state index is 0.0145. The van der Waals surface area contributed by atoms with E-state index in [2.05, 4.69) is 0 Å². The van der Waals surface area contributed by atoms with Crippen LogP contribution in [0.5, 0.6) is 0 Å². The molecule has 14 heteroatoms. The molecule has 0 N–H and O–H groups in total. The number of amides is 1. The Morgan fingerprint density at radius 2 is 1.10 bits per heavy atom. The number of carbonyl (C=O) groups excluding carboxylic acids is 1. The van der Waals surface area contributed by atoms with E-state index in [4.69, 9.17) is 0 Å². The summed E-state index contributed by atoms with van der Waals surface area (Å²) in [7, 11) is -11.2. The third-order valence-electron chi connectivity index (χ3n) is 4.04. The van der Waals surface area contributed by atoms with Crippen molar-refractivity contribution in [3.8, 4) is 0 Å². The maximum atomic E-state index is 12.6. The van der Waals surface area contributed by atoms with Crippen LogP contribution in [0.15, 0.2) is 58.3 Å². The number of halogens is 6. The molecule has 0 aliphatic carbocycles. The van der Waals surface area contributed by atoms with E-state index in [1.807, 2.05) is 0 Å². The minimum Gasteiger partial charge on any atom is -0.309 e. The molecule has 0 aromatic heterocycles. The molecule has 0 saturated carbocycles. The van der Waals surface area contributed by atoms with E-state index in [0.29, 0.717) is 24.3 Å². The lowest BCUT2D eigenvalue weighted by atomic mass is 10.2. The molecule has 0 bridgehead atoms. The molecule has 2 aromatic carbocycles. The fourth-order valence-electron chi connectivity index (χ4n) is 2.45. The van der Waals surface area contributed by atoms with Gasteiger partial charge >= 0.3 is 11.0 Å². The van der Waals surface area contributed by atoms with Crippen molar-refractivity contribution in [2.24, 2.45) is 0 Å². The van der Waals surface area contributed by atoms with Crippen molar-refractivity contribution in [2.45, 2.75) is 27.7 Å². The molecule has 0 heterocycles. The first kappa shape index (κ1) is 24.7. The highest BCUT2D eigenvalue weighted by Crippen LogP contribution is 2.32. The summed E-state index contributed by atoms with van der Waals surface area (Å²) in [4.78, 5) is 11.5. The number of alkyl halides is 6. The molecule has 0 atom stereocenters. The molecule has 2 rings (SSSR count). The summed E-state index contributed by atoms with van der Waals surface area (Å²) in [5, 5.41) is 0. The van der Waals surface area contributed by atoms with Crippen molar-refractivity contribution in [3.63, 3.8) is 0 Å². The molecule has 0 aliphatic heterocycles. The van der Waals surface area contributed by atoms with Crippen molar-refractivity contribution < 1.29 is 48.0 Å². The third kappa shape index (κ3) is 4.69. The molecule has 170 valence electrons. The molecule has 31 heavy (non-hydrogen) atoms. The Kier molecular flexibility index (Phi) is 6.48. The number of nitrogens with zero attached hydrogens (tertiary/aromatic N) is 1. The number of anilines is 1. The van der Waals surface area contributed by atoms with Gasteiger partial charge in [-0.2, -0.15) is 26.3 Å². The van der Waals surface area contributed by atoms with Gasteiger partial charge in [0.2, 0.25) is 0 Å². The number of hydrogen-bond donors (Lipinski definition) is 0. The summed E-state index contributed by atoms with van der Waals surface area (Å²) in [6.07, 6.45) is 0. The monoisotopic (exact) mass is 489 g/mol. The normalized spacial score (nSPS) is 13.1. The van der Waals surface area contributed by atoms with Gasteiger partial charge in [-0.25, -0.2) is 16.8 Å². The quantitative estimate of drug-likeness (QED) is 0.594. The van der Waals surface area contributed by atoms with E-state index in [-0.39, 0.29) is 17.8 Å². The second-order valence-corrected chi connectivity index (χ2v) is 9.85. The number of rotatable bonds is 5. The molecule has 2 aromatic rings. The van der Waals surface area contributed by atoms with Gasteiger partial charge in [-0.3, -0.25) is 4.79 Å². The maximum absolute atomic E-state index is 12.6. The average molecular weight is 489 g/mol. The lowest BCUT2D eigenvalue weighted by Gasteiger charge is -2.21. The number of sulfone groups is 2. The Labute approximate surface area is 172 Å². The molecular formula is C17H13F6NO5S2. The summed E-state index contributed by atoms with van der Waals surface area (Å²) >= 11 is 0. The second-order valence-electron chi connectivity index (χ2n) is 5.97. The van der Waals surface area contributed by atoms with Gasteiger partial charge in [0.05, 0.1) is 9.79 Å². The topological polar surface area (TPSA) is 88.6 Å². The molecule has 0 fully saturated rings. The lowest BCUT2D eigenvalue weighted by Crippen LogP contribution is -2.31. The van der Waals surface area contributed by atoms with Gasteiger partial charge < -0.3 is 4.90 Å². The zero-order valence-electron chi connectivity index (χ0n) is 15.4. The number of carbonyl (C=O) groups is 1. The number of benzene rings is 2. The van der Waals surface area contributed by atoms with Gasteiger partial charge in [0.1, 0.15) is 0 Å². The van der Waals surface area contributed by atoms with Crippen LogP contribution in [0.1, 0.15) is 17.3 Å². The van der Waals surface area contributed by atoms with Crippen molar-refractivity contribution in [3.05, 3.63) is 54.1 Å². The highest BCUT2D eigenvalue weighted by molar-refractivity contribution is 7.92. The predicted octanol–water partition coefficient (Wildman–Crippen LogP) is 3.94. The van der Waals surface area contributed by atoms with Crippen LogP contribution in [0.2, 0.25) is 0 Å². The molecule has 6 nitrogen and oxygen atoms in total. The highest BCUT2D eigenvalue weighted by Gasteiger charge is 2.47. The highest BCUT2D eigenvalue weighted by atomic mass is 32.2. The van der Waals surface area contributed by atoms with Crippen molar-refractivity contribution in [1.82, 2.24) is 0 Å². The third-order valence-corrected chi connectivity index (χ3v) is 7.05. The summed E-state index contributed by atoms with van der Waals surface area (Å²) in [5.41, 5.74) is -11.2. The van der Waals surface area contributed by atoms with E-state index in [9.17, 15) is 48.0 Å². The zero-order chi connectivity index (χ0) is 23.8. The van der Waals surface area contributed by atoms with E-state index < -0.39 is 46.4 Å². The molecular weight excluding hydrogens is 476 g/mol. The van der Waals surface area contributed by atoms with Crippen molar-refractivity contribution in [1.29, 1.82) is 0 Å². The summed E-state index contributed by atoms with van der Waals surface area (Å²) in [5.74, 6) is -0.801. The van der Waals surface area contributed by atoms with Crippen LogP contribution in [0.3, 0.4) is 0 Å². The first-order valence-electron chi connectivity index (χ1n) is 8.18. The zero-order valence-corrected chi connectivity index (χ0v) is 17.0. The Bertz CT molecular complexity index is 1170. The van der Waals surface area contributed by atoms with Gasteiger partial charge in [0.25, 0.3) is 25.6 Å². The smallest absolute Gasteiger partial charge is 0.309 e. The fraction of sp³-hybridized carbons (Fsp3) is 0.235. The van der Waals surface area contributed by atoms with Crippen molar-refractivity contribution in [2.75, 3.05) is 11.4 Å². The Hall–Kier alpha value is -2.61. The van der Waals surface area contributed by atoms with Gasteiger partial charge in [0, 0.05) is 17.8 Å². The molecule has 0 aliphatic rings. The standard InChI is InChI=1S/C17H13F6NO5S2/c1-2-24(12-5-9-14(10-6-12)31(28,29)17(21,22)23)15(25)11-3-7-13(8-4-11)30(26,27)16(18,19)20/h3-10H,2H2,1H3. The second kappa shape index (κ2) is 8.15. The first-order chi connectivity index (χ1) is 14.0. The predicted molar refractivity (Wildman–Crippen MR) is 96.7 cm³/mol. The summed E-state index contributed by atoms with van der Waals surface area (Å²) < 4.78 is 121. The van der Waals surface area contributed by atoms with E-state index >= 15 is 0 Å². The van der Waals surface area contributed by atoms with Gasteiger partial charge in [-0.05, 0) is 55.5 Å². The molecule has 0 radical (unpaired) electrons. The largest absolute Gasteiger partial charge is 0.501 e. The minimum atomic E-state index is -5.60. The SMILES string of the molecule is CCN(C(=O)c1ccc(S(=O)(=O)C(F)(F)F)cc1)c1ccc(S(=O)(=O)C(F)(F)F)cc1. The van der Waals surface area contributed by atoms with Crippen LogP contribution < -0.4 is 4.90 Å². The number of hydrogen-bond acceptors (Lipinski definition) is 5. The average Bonchev–Trinajstić information content (AvgIpc) is 2.67. The van der Waals surface area contributed by atoms with Crippen molar-refractivity contribution >= 4 is 31.3 Å². The lowest BCUT2D eigenvalue weighted by molar-refractivity contribution is -0.0442. The maximum Gasteiger partial charge on any atom is 0.501 e. The van der Waals surface area contributed by atoms with Gasteiger partial charge in [-0.1, -0.05) is 0 Å². The first-order valence-corrected chi connectivity index (χ1v) is 11.2. The molecule has 0 unspecified atom stereocenters. The van der Waals surface area contributed by atoms with Gasteiger partial charge in [-0.15, -0.1) is 0 Å². The van der Waals surface area contributed by atoms with E-state index in [1.54, 1.807) is 0 Å². The van der Waals surface area contributed by atoms with Crippen LogP contribution in [-0.4, -0.2) is 40.3 Å². The Morgan fingerprint density at radius 1 is 0.742 bits per heavy atom. The Morgan fingerprint density at radius 3 is 1.42 bits per heavy atom. The molecule has 0 saturated heterocycles. The summed E-state index contributed by atoms with van der Waals surface area (Å²) in [6.45, 7) is 1.45. The summed E-state index contributed by atoms with van der Waals surface area (Å²) in [6, 6.07) is 6.15. The van der Waals surface area contributed by atoms with Crippen LogP contribution in [0, 0.1) is 0 Å². The van der Waals surface area contributed by atoms with E-state index in [1.165, 1.54) is 6.92 Å². The Balaban J connectivity index is 2.34. The van der Waals surface area contributed by atoms with E-state index in [0.717, 1.165) is 29.2 Å². The van der Waals surface area contributed by atoms with Crippen LogP contribution in [0.25, 0.3) is 0 Å². The van der Waals surface area contributed by atoms with Crippen LogP contribution >= 0.6 is 0 Å². The van der Waals surface area contributed by atoms with Gasteiger partial charge in [0.15, 0.2) is 0 Å². The van der Waals surface area contributed by atoms with Crippen LogP contribution in [0.4, 0.5) is 32.0 Å². The fourth-order valence-corrected chi connectivity index (χ4v) is 3.97. The molecule has 1 amide bonds. The van der Waals surface area contributed by atoms with Crippen LogP contribution in [-0.2, 0) is 19.7 Å².